The van der Waals surface area contributed by atoms with E-state index in [1.165, 1.54) is 12.1 Å². The third-order valence-corrected chi connectivity index (χ3v) is 2.62. The summed E-state index contributed by atoms with van der Waals surface area (Å²) in [6.07, 6.45) is 0. The molecule has 0 aliphatic rings. The zero-order valence-corrected chi connectivity index (χ0v) is 10.4. The van der Waals surface area contributed by atoms with Crippen LogP contribution in [0.25, 0.3) is 0 Å². The normalized spacial score (nSPS) is 13.6. The highest BCUT2D eigenvalue weighted by Crippen LogP contribution is 2.20. The van der Waals surface area contributed by atoms with E-state index in [9.17, 15) is 4.39 Å². The fraction of sp³-hybridized carbons (Fsp3) is 0.538. The van der Waals surface area contributed by atoms with Crippen molar-refractivity contribution in [1.29, 1.82) is 0 Å². The van der Waals surface area contributed by atoms with Gasteiger partial charge in [-0.1, -0.05) is 20.8 Å². The second kappa shape index (κ2) is 5.30. The van der Waals surface area contributed by atoms with Crippen LogP contribution in [0.1, 0.15) is 20.8 Å². The zero-order chi connectivity index (χ0) is 12.2. The molecule has 16 heavy (non-hydrogen) atoms. The van der Waals surface area contributed by atoms with E-state index in [-0.39, 0.29) is 17.3 Å². The molecule has 2 nitrogen and oxygen atoms in total. The van der Waals surface area contributed by atoms with E-state index in [1.807, 2.05) is 7.05 Å². The molecule has 1 aromatic carbocycles. The number of nitrogens with one attached hydrogen (secondary N) is 1. The number of halogens is 1. The Bertz CT molecular complexity index is 316. The summed E-state index contributed by atoms with van der Waals surface area (Å²) in [5.74, 6) is 0.458. The Morgan fingerprint density at radius 2 is 1.81 bits per heavy atom. The molecule has 0 bridgehead atoms. The van der Waals surface area contributed by atoms with Gasteiger partial charge in [0.1, 0.15) is 18.2 Å². The van der Waals surface area contributed by atoms with E-state index >= 15 is 0 Å². The monoisotopic (exact) mass is 225 g/mol. The first-order valence-electron chi connectivity index (χ1n) is 5.49. The lowest BCUT2D eigenvalue weighted by atomic mass is 9.87. The molecule has 0 radical (unpaired) electrons. The summed E-state index contributed by atoms with van der Waals surface area (Å²) in [4.78, 5) is 0. The quantitative estimate of drug-likeness (QED) is 0.850. The van der Waals surface area contributed by atoms with Crippen LogP contribution in [0.2, 0.25) is 0 Å². The second-order valence-electron chi connectivity index (χ2n) is 4.97. The van der Waals surface area contributed by atoms with Crippen molar-refractivity contribution in [1.82, 2.24) is 5.32 Å². The summed E-state index contributed by atoms with van der Waals surface area (Å²) in [5, 5.41) is 3.22. The maximum absolute atomic E-state index is 12.7. The van der Waals surface area contributed by atoms with Gasteiger partial charge in [0.2, 0.25) is 0 Å². The summed E-state index contributed by atoms with van der Waals surface area (Å²) < 4.78 is 18.3. The minimum absolute atomic E-state index is 0.134. The third kappa shape index (κ3) is 3.81. The Balaban J connectivity index is 2.53. The Kier molecular flexibility index (Phi) is 4.30. The molecule has 0 saturated heterocycles. The summed E-state index contributed by atoms with van der Waals surface area (Å²) in [5.41, 5.74) is 0.134. The molecule has 1 N–H and O–H groups in total. The predicted molar refractivity (Wildman–Crippen MR) is 64.2 cm³/mol. The van der Waals surface area contributed by atoms with Crippen LogP contribution in [0.4, 0.5) is 4.39 Å². The molecule has 90 valence electrons. The minimum atomic E-state index is -0.242. The Morgan fingerprint density at radius 1 is 1.25 bits per heavy atom. The Morgan fingerprint density at radius 3 is 2.25 bits per heavy atom. The van der Waals surface area contributed by atoms with Gasteiger partial charge in [0.05, 0.1) is 0 Å². The minimum Gasteiger partial charge on any atom is -0.492 e. The van der Waals surface area contributed by atoms with Gasteiger partial charge in [-0.15, -0.1) is 0 Å². The van der Waals surface area contributed by atoms with E-state index in [0.717, 1.165) is 0 Å². The van der Waals surface area contributed by atoms with Crippen molar-refractivity contribution in [2.75, 3.05) is 13.7 Å². The molecule has 0 aliphatic carbocycles. The number of benzene rings is 1. The van der Waals surface area contributed by atoms with Crippen molar-refractivity contribution in [3.8, 4) is 5.75 Å². The molecule has 0 spiro atoms. The van der Waals surface area contributed by atoms with Crippen LogP contribution in [0, 0.1) is 11.2 Å². The summed E-state index contributed by atoms with van der Waals surface area (Å²) in [6.45, 7) is 7.04. The van der Waals surface area contributed by atoms with E-state index in [0.29, 0.717) is 12.4 Å². The fourth-order valence-corrected chi connectivity index (χ4v) is 1.48. The molecule has 0 fully saturated rings. The lowest BCUT2D eigenvalue weighted by Crippen LogP contribution is -2.42. The smallest absolute Gasteiger partial charge is 0.123 e. The van der Waals surface area contributed by atoms with Crippen LogP contribution >= 0.6 is 0 Å². The first-order valence-corrected chi connectivity index (χ1v) is 5.49. The maximum atomic E-state index is 12.7. The average molecular weight is 225 g/mol. The fourth-order valence-electron chi connectivity index (χ4n) is 1.48. The van der Waals surface area contributed by atoms with Gasteiger partial charge in [0, 0.05) is 6.04 Å². The van der Waals surface area contributed by atoms with Crippen molar-refractivity contribution in [3.63, 3.8) is 0 Å². The van der Waals surface area contributed by atoms with Gasteiger partial charge in [0.25, 0.3) is 0 Å². The van der Waals surface area contributed by atoms with E-state index < -0.39 is 0 Å². The molecule has 0 amide bonds. The van der Waals surface area contributed by atoms with Crippen molar-refractivity contribution < 1.29 is 9.13 Å². The van der Waals surface area contributed by atoms with E-state index in [4.69, 9.17) is 4.74 Å². The Hall–Kier alpha value is -1.09. The van der Waals surface area contributed by atoms with Gasteiger partial charge in [0.15, 0.2) is 0 Å². The standard InChI is InChI=1S/C13H20FNO/c1-13(2,3)12(15-4)9-16-11-7-5-10(14)6-8-11/h5-8,12,15H,9H2,1-4H3. The predicted octanol–water partition coefficient (Wildman–Crippen LogP) is 2.84. The van der Waals surface area contributed by atoms with Crippen LogP contribution in [0.3, 0.4) is 0 Å². The van der Waals surface area contributed by atoms with E-state index in [1.54, 1.807) is 12.1 Å². The molecule has 1 unspecified atom stereocenters. The lowest BCUT2D eigenvalue weighted by Gasteiger charge is -2.30. The van der Waals surface area contributed by atoms with Gasteiger partial charge >= 0.3 is 0 Å². The number of hydrogen-bond donors (Lipinski definition) is 1. The first-order chi connectivity index (χ1) is 7.43. The van der Waals surface area contributed by atoms with Crippen LogP contribution in [0.5, 0.6) is 5.75 Å². The second-order valence-corrected chi connectivity index (χ2v) is 4.97. The summed E-state index contributed by atoms with van der Waals surface area (Å²) >= 11 is 0. The van der Waals surface area contributed by atoms with Gasteiger partial charge in [-0.3, -0.25) is 0 Å². The number of ether oxygens (including phenoxy) is 1. The van der Waals surface area contributed by atoms with Crippen molar-refractivity contribution >= 4 is 0 Å². The molecule has 1 rings (SSSR count). The highest BCUT2D eigenvalue weighted by Gasteiger charge is 2.23. The molecule has 0 aliphatic heterocycles. The van der Waals surface area contributed by atoms with Gasteiger partial charge in [-0.2, -0.15) is 0 Å². The highest BCUT2D eigenvalue weighted by atomic mass is 19.1. The highest BCUT2D eigenvalue weighted by molar-refractivity contribution is 5.22. The molecule has 1 aromatic rings. The molecule has 3 heteroatoms. The third-order valence-electron chi connectivity index (χ3n) is 2.62. The lowest BCUT2D eigenvalue weighted by molar-refractivity contribution is 0.181. The molecule has 0 aromatic heterocycles. The number of rotatable bonds is 4. The van der Waals surface area contributed by atoms with Gasteiger partial charge in [-0.05, 0) is 36.7 Å². The summed E-state index contributed by atoms with van der Waals surface area (Å²) in [7, 11) is 1.92. The zero-order valence-electron chi connectivity index (χ0n) is 10.4. The van der Waals surface area contributed by atoms with Crippen LogP contribution in [-0.4, -0.2) is 19.7 Å². The molecule has 1 atom stereocenters. The Labute approximate surface area is 96.8 Å². The van der Waals surface area contributed by atoms with Gasteiger partial charge in [-0.25, -0.2) is 4.39 Å². The van der Waals surface area contributed by atoms with E-state index in [2.05, 4.69) is 26.1 Å². The maximum Gasteiger partial charge on any atom is 0.123 e. The van der Waals surface area contributed by atoms with Crippen LogP contribution < -0.4 is 10.1 Å². The van der Waals surface area contributed by atoms with Crippen molar-refractivity contribution in [2.45, 2.75) is 26.8 Å². The largest absolute Gasteiger partial charge is 0.492 e. The van der Waals surface area contributed by atoms with Gasteiger partial charge < -0.3 is 10.1 Å². The SMILES string of the molecule is CNC(COc1ccc(F)cc1)C(C)(C)C. The molecular formula is C13H20FNO. The molecule has 0 saturated carbocycles. The number of likely N-dealkylation sites (N-methyl/N-ethyl adjacent to an activating group) is 1. The van der Waals surface area contributed by atoms with Crippen molar-refractivity contribution in [2.24, 2.45) is 5.41 Å². The van der Waals surface area contributed by atoms with Crippen LogP contribution in [-0.2, 0) is 0 Å². The number of hydrogen-bond acceptors (Lipinski definition) is 2. The topological polar surface area (TPSA) is 21.3 Å². The molecular weight excluding hydrogens is 205 g/mol. The molecule has 0 heterocycles. The average Bonchev–Trinajstić information content (AvgIpc) is 2.19. The first kappa shape index (κ1) is 13.0. The summed E-state index contributed by atoms with van der Waals surface area (Å²) in [6, 6.07) is 6.36. The van der Waals surface area contributed by atoms with Crippen molar-refractivity contribution in [3.05, 3.63) is 30.1 Å². The van der Waals surface area contributed by atoms with Crippen LogP contribution in [0.15, 0.2) is 24.3 Å².